The van der Waals surface area contributed by atoms with Gasteiger partial charge in [-0.25, -0.2) is 4.98 Å². The number of likely N-dealkylation sites (N-methyl/N-ethyl adjacent to an activating group) is 1. The maximum Gasteiger partial charge on any atom is 0.255 e. The molecule has 1 atom stereocenters. The highest BCUT2D eigenvalue weighted by Gasteiger charge is 2.27. The van der Waals surface area contributed by atoms with Crippen molar-refractivity contribution in [2.45, 2.75) is 19.9 Å². The van der Waals surface area contributed by atoms with Gasteiger partial charge in [-0.15, -0.1) is 0 Å². The fourth-order valence-corrected chi connectivity index (χ4v) is 3.40. The molecule has 0 radical (unpaired) electrons. The number of aryl methyl sites for hydroxylation is 1. The molecule has 0 spiro atoms. The van der Waals surface area contributed by atoms with E-state index < -0.39 is 0 Å². The second kappa shape index (κ2) is 5.10. The Kier molecular flexibility index (Phi) is 3.43. The predicted octanol–water partition coefficient (Wildman–Crippen LogP) is 1.78. The number of amides is 1. The molecule has 2 aromatic heterocycles. The molecule has 0 aliphatic carbocycles. The Morgan fingerprint density at radius 2 is 2.25 bits per heavy atom. The molecule has 0 bridgehead atoms. The summed E-state index contributed by atoms with van der Waals surface area (Å²) in [4.78, 5) is 22.1. The van der Waals surface area contributed by atoms with Gasteiger partial charge < -0.3 is 9.80 Å². The number of piperazine rings is 1. The lowest BCUT2D eigenvalue weighted by molar-refractivity contribution is 0.0533. The molecule has 106 valence electrons. The highest BCUT2D eigenvalue weighted by atomic mass is 32.1. The first-order valence-corrected chi connectivity index (χ1v) is 7.55. The van der Waals surface area contributed by atoms with Gasteiger partial charge in [-0.2, -0.15) is 4.37 Å². The average molecular weight is 290 g/mol. The first-order chi connectivity index (χ1) is 9.56. The van der Waals surface area contributed by atoms with E-state index in [0.717, 1.165) is 35.5 Å². The number of nitrogens with zero attached hydrogens (tertiary/aromatic N) is 4. The second-order valence-electron chi connectivity index (χ2n) is 5.45. The molecule has 2 aromatic rings. The van der Waals surface area contributed by atoms with Crippen molar-refractivity contribution in [3.63, 3.8) is 0 Å². The number of pyridine rings is 1. The summed E-state index contributed by atoms with van der Waals surface area (Å²) in [5.41, 5.74) is 1.61. The standard InChI is InChI=1S/C14H18N4OS/c1-9-8-17(3)4-5-18(9)14(19)11-6-12-10(2)16-20-13(12)15-7-11/h6-7,9H,4-5,8H2,1-3H3. The number of hydrogen-bond acceptors (Lipinski definition) is 5. The van der Waals surface area contributed by atoms with E-state index in [1.807, 2.05) is 17.9 Å². The molecule has 1 unspecified atom stereocenters. The van der Waals surface area contributed by atoms with Gasteiger partial charge in [-0.3, -0.25) is 4.79 Å². The summed E-state index contributed by atoms with van der Waals surface area (Å²) < 4.78 is 4.28. The molecule has 1 aliphatic rings. The summed E-state index contributed by atoms with van der Waals surface area (Å²) in [6.45, 7) is 6.66. The monoisotopic (exact) mass is 290 g/mol. The number of carbonyl (C=O) groups excluding carboxylic acids is 1. The highest BCUT2D eigenvalue weighted by molar-refractivity contribution is 7.12. The van der Waals surface area contributed by atoms with Crippen LogP contribution in [0.15, 0.2) is 12.3 Å². The van der Waals surface area contributed by atoms with Gasteiger partial charge in [0.25, 0.3) is 5.91 Å². The lowest BCUT2D eigenvalue weighted by Gasteiger charge is -2.38. The van der Waals surface area contributed by atoms with Crippen LogP contribution >= 0.6 is 11.5 Å². The third-order valence-corrected chi connectivity index (χ3v) is 4.71. The van der Waals surface area contributed by atoms with E-state index in [0.29, 0.717) is 5.56 Å². The summed E-state index contributed by atoms with van der Waals surface area (Å²) in [7, 11) is 2.09. The fraction of sp³-hybridized carbons (Fsp3) is 0.500. The minimum atomic E-state index is 0.0746. The zero-order chi connectivity index (χ0) is 14.3. The predicted molar refractivity (Wildman–Crippen MR) is 80.1 cm³/mol. The quantitative estimate of drug-likeness (QED) is 0.803. The maximum absolute atomic E-state index is 12.6. The third-order valence-electron chi connectivity index (χ3n) is 3.85. The van der Waals surface area contributed by atoms with Crippen LogP contribution in [0.3, 0.4) is 0 Å². The van der Waals surface area contributed by atoms with Crippen molar-refractivity contribution < 1.29 is 4.79 Å². The SMILES string of the molecule is Cc1nsc2ncc(C(=O)N3CCN(C)CC3C)cc12. The van der Waals surface area contributed by atoms with E-state index >= 15 is 0 Å². The smallest absolute Gasteiger partial charge is 0.255 e. The Morgan fingerprint density at radius 3 is 3.00 bits per heavy atom. The van der Waals surface area contributed by atoms with Gasteiger partial charge in [0.15, 0.2) is 0 Å². The number of aromatic nitrogens is 2. The second-order valence-corrected chi connectivity index (χ2v) is 6.21. The first kappa shape index (κ1) is 13.5. The normalized spacial score (nSPS) is 20.6. The zero-order valence-corrected chi connectivity index (χ0v) is 12.8. The Bertz CT molecular complexity index is 654. The minimum Gasteiger partial charge on any atom is -0.333 e. The third kappa shape index (κ3) is 2.29. The number of rotatable bonds is 1. The molecule has 0 aromatic carbocycles. The Hall–Kier alpha value is -1.53. The van der Waals surface area contributed by atoms with Gasteiger partial charge in [0.1, 0.15) is 4.83 Å². The number of fused-ring (bicyclic) bond motifs is 1. The van der Waals surface area contributed by atoms with Crippen molar-refractivity contribution in [1.29, 1.82) is 0 Å². The van der Waals surface area contributed by atoms with Crippen LogP contribution in [0.4, 0.5) is 0 Å². The summed E-state index contributed by atoms with van der Waals surface area (Å²) in [6.07, 6.45) is 1.67. The van der Waals surface area contributed by atoms with Crippen LogP contribution in [0.1, 0.15) is 23.0 Å². The molecule has 1 amide bonds. The average Bonchev–Trinajstić information content (AvgIpc) is 2.79. The Labute approximate surface area is 122 Å². The van der Waals surface area contributed by atoms with Crippen LogP contribution in [0.2, 0.25) is 0 Å². The first-order valence-electron chi connectivity index (χ1n) is 6.78. The molecule has 3 heterocycles. The zero-order valence-electron chi connectivity index (χ0n) is 12.0. The molecular formula is C14H18N4OS. The van der Waals surface area contributed by atoms with Gasteiger partial charge in [-0.05, 0) is 38.5 Å². The topological polar surface area (TPSA) is 49.3 Å². The molecule has 1 saturated heterocycles. The summed E-state index contributed by atoms with van der Waals surface area (Å²) in [5.74, 6) is 0.0746. The van der Waals surface area contributed by atoms with Crippen LogP contribution in [0.25, 0.3) is 10.2 Å². The van der Waals surface area contributed by atoms with Gasteiger partial charge >= 0.3 is 0 Å². The van der Waals surface area contributed by atoms with E-state index in [4.69, 9.17) is 0 Å². The summed E-state index contributed by atoms with van der Waals surface area (Å²) >= 11 is 1.38. The minimum absolute atomic E-state index is 0.0746. The Balaban J connectivity index is 1.90. The van der Waals surface area contributed by atoms with E-state index in [-0.39, 0.29) is 11.9 Å². The molecule has 5 nitrogen and oxygen atoms in total. The molecule has 6 heteroatoms. The Morgan fingerprint density at radius 1 is 1.45 bits per heavy atom. The van der Waals surface area contributed by atoms with Crippen molar-refractivity contribution in [3.8, 4) is 0 Å². The van der Waals surface area contributed by atoms with Crippen LogP contribution in [-0.2, 0) is 0 Å². The van der Waals surface area contributed by atoms with E-state index in [1.165, 1.54) is 11.5 Å². The van der Waals surface area contributed by atoms with Gasteiger partial charge in [0.2, 0.25) is 0 Å². The van der Waals surface area contributed by atoms with Crippen LogP contribution in [0, 0.1) is 6.92 Å². The van der Waals surface area contributed by atoms with Crippen molar-refractivity contribution in [2.75, 3.05) is 26.7 Å². The van der Waals surface area contributed by atoms with Crippen LogP contribution in [-0.4, -0.2) is 57.8 Å². The van der Waals surface area contributed by atoms with Crippen LogP contribution < -0.4 is 0 Å². The summed E-state index contributed by atoms with van der Waals surface area (Å²) in [5, 5.41) is 0.989. The van der Waals surface area contributed by atoms with E-state index in [9.17, 15) is 4.79 Å². The molecule has 1 aliphatic heterocycles. The molecule has 20 heavy (non-hydrogen) atoms. The highest BCUT2D eigenvalue weighted by Crippen LogP contribution is 2.22. The van der Waals surface area contributed by atoms with Crippen LogP contribution in [0.5, 0.6) is 0 Å². The molecule has 3 rings (SSSR count). The van der Waals surface area contributed by atoms with Crippen molar-refractivity contribution in [2.24, 2.45) is 0 Å². The van der Waals surface area contributed by atoms with Crippen molar-refractivity contribution >= 4 is 27.7 Å². The summed E-state index contributed by atoms with van der Waals surface area (Å²) in [6, 6.07) is 2.16. The maximum atomic E-state index is 12.6. The van der Waals surface area contributed by atoms with E-state index in [1.54, 1.807) is 6.20 Å². The largest absolute Gasteiger partial charge is 0.333 e. The van der Waals surface area contributed by atoms with E-state index in [2.05, 4.69) is 28.2 Å². The number of carbonyl (C=O) groups is 1. The molecule has 0 N–H and O–H groups in total. The molecular weight excluding hydrogens is 272 g/mol. The van der Waals surface area contributed by atoms with Gasteiger partial charge in [-0.1, -0.05) is 0 Å². The fourth-order valence-electron chi connectivity index (χ4n) is 2.67. The molecule has 1 fully saturated rings. The number of hydrogen-bond donors (Lipinski definition) is 0. The lowest BCUT2D eigenvalue weighted by atomic mass is 10.1. The van der Waals surface area contributed by atoms with Crippen molar-refractivity contribution in [3.05, 3.63) is 23.5 Å². The molecule has 0 saturated carbocycles. The lowest BCUT2D eigenvalue weighted by Crippen LogP contribution is -2.52. The van der Waals surface area contributed by atoms with Gasteiger partial charge in [0.05, 0.1) is 11.3 Å². The van der Waals surface area contributed by atoms with Gasteiger partial charge in [0, 0.05) is 37.3 Å². The van der Waals surface area contributed by atoms with Crippen molar-refractivity contribution in [1.82, 2.24) is 19.2 Å².